The molecule has 3 nitrogen and oxygen atoms in total. The summed E-state index contributed by atoms with van der Waals surface area (Å²) in [4.78, 5) is 12.8. The van der Waals surface area contributed by atoms with E-state index in [0.717, 1.165) is 25.3 Å². The molecule has 0 bridgehead atoms. The molecular weight excluding hydrogens is 340 g/mol. The van der Waals surface area contributed by atoms with E-state index in [9.17, 15) is 31.1 Å². The highest BCUT2D eigenvalue weighted by molar-refractivity contribution is 5.91. The van der Waals surface area contributed by atoms with E-state index in [1.165, 1.54) is 4.90 Å². The van der Waals surface area contributed by atoms with Gasteiger partial charge in [-0.15, -0.1) is 0 Å². The third-order valence-electron chi connectivity index (χ3n) is 4.02. The van der Waals surface area contributed by atoms with Gasteiger partial charge in [0.25, 0.3) is 0 Å². The molecule has 0 saturated carbocycles. The van der Waals surface area contributed by atoms with Gasteiger partial charge in [0.05, 0.1) is 24.2 Å². The Morgan fingerprint density at radius 1 is 1.12 bits per heavy atom. The molecule has 0 radical (unpaired) electrons. The Balaban J connectivity index is 2.32. The van der Waals surface area contributed by atoms with Gasteiger partial charge < -0.3 is 9.64 Å². The van der Waals surface area contributed by atoms with Crippen molar-refractivity contribution in [3.8, 4) is 0 Å². The molecule has 9 heteroatoms. The molecule has 1 aliphatic heterocycles. The highest BCUT2D eigenvalue weighted by Crippen LogP contribution is 2.40. The molecule has 1 aliphatic rings. The molecule has 1 fully saturated rings. The predicted molar refractivity (Wildman–Crippen MR) is 73.8 cm³/mol. The molecule has 0 N–H and O–H groups in total. The maximum Gasteiger partial charge on any atom is 0.418 e. The van der Waals surface area contributed by atoms with E-state index >= 15 is 0 Å². The minimum Gasteiger partial charge on any atom is -0.465 e. The third kappa shape index (κ3) is 3.93. The van der Waals surface area contributed by atoms with Crippen LogP contribution in [0.3, 0.4) is 0 Å². The lowest BCUT2D eigenvalue weighted by atomic mass is 9.95. The lowest BCUT2D eigenvalue weighted by molar-refractivity contribution is -0.179. The maximum atomic E-state index is 13.2. The summed E-state index contributed by atoms with van der Waals surface area (Å²) in [6, 6.07) is 2.75. The van der Waals surface area contributed by atoms with E-state index in [1.54, 1.807) is 0 Å². The van der Waals surface area contributed by atoms with Crippen LogP contribution in [-0.4, -0.2) is 32.3 Å². The second kappa shape index (κ2) is 6.52. The van der Waals surface area contributed by atoms with Gasteiger partial charge in [0, 0.05) is 18.8 Å². The molecular formula is C15H15F6NO2. The molecule has 0 unspecified atom stereocenters. The normalized spacial score (nSPS) is 17.0. The van der Waals surface area contributed by atoms with Gasteiger partial charge in [-0.2, -0.15) is 26.3 Å². The number of benzene rings is 1. The lowest BCUT2D eigenvalue weighted by Crippen LogP contribution is -2.39. The quantitative estimate of drug-likeness (QED) is 0.586. The molecule has 0 amide bonds. The second-order valence-electron chi connectivity index (χ2n) is 5.52. The van der Waals surface area contributed by atoms with Crippen LogP contribution in [0.25, 0.3) is 0 Å². The van der Waals surface area contributed by atoms with Crippen LogP contribution in [0.1, 0.15) is 28.8 Å². The van der Waals surface area contributed by atoms with E-state index in [-0.39, 0.29) is 37.2 Å². The average Bonchev–Trinajstić information content (AvgIpc) is 2.52. The number of rotatable bonds is 2. The van der Waals surface area contributed by atoms with Crippen molar-refractivity contribution in [1.29, 1.82) is 0 Å². The first-order chi connectivity index (χ1) is 11.0. The number of carbonyl (C=O) groups is 1. The van der Waals surface area contributed by atoms with Crippen LogP contribution in [0.5, 0.6) is 0 Å². The van der Waals surface area contributed by atoms with Gasteiger partial charge in [0.1, 0.15) is 0 Å². The van der Waals surface area contributed by atoms with E-state index in [0.29, 0.717) is 0 Å². The molecule has 24 heavy (non-hydrogen) atoms. The van der Waals surface area contributed by atoms with Crippen LogP contribution in [0.2, 0.25) is 0 Å². The fraction of sp³-hybridized carbons (Fsp3) is 0.533. The second-order valence-corrected chi connectivity index (χ2v) is 5.52. The molecule has 2 rings (SSSR count). The first-order valence-electron chi connectivity index (χ1n) is 7.15. The SMILES string of the molecule is COC(=O)c1ccc(C(F)(F)F)c(N2CCC(C(F)(F)F)CC2)c1. The van der Waals surface area contributed by atoms with Crippen molar-refractivity contribution in [2.75, 3.05) is 25.1 Å². The maximum absolute atomic E-state index is 13.2. The van der Waals surface area contributed by atoms with Crippen LogP contribution in [-0.2, 0) is 10.9 Å². The van der Waals surface area contributed by atoms with Gasteiger partial charge in [-0.3, -0.25) is 0 Å². The zero-order valence-electron chi connectivity index (χ0n) is 12.7. The highest BCUT2D eigenvalue weighted by atomic mass is 19.4. The summed E-state index contributed by atoms with van der Waals surface area (Å²) in [6.45, 7) is -0.338. The van der Waals surface area contributed by atoms with Gasteiger partial charge >= 0.3 is 18.3 Å². The summed E-state index contributed by atoms with van der Waals surface area (Å²) < 4.78 is 82.0. The summed E-state index contributed by atoms with van der Waals surface area (Å²) in [7, 11) is 1.09. The number of hydrogen-bond acceptors (Lipinski definition) is 3. The number of piperidine rings is 1. The number of ether oxygens (including phenoxy) is 1. The summed E-state index contributed by atoms with van der Waals surface area (Å²) in [5.74, 6) is -2.33. The van der Waals surface area contributed by atoms with Crippen molar-refractivity contribution in [3.63, 3.8) is 0 Å². The summed E-state index contributed by atoms with van der Waals surface area (Å²) in [6.07, 6.45) is -9.61. The Kier molecular flexibility index (Phi) is 5.00. The molecule has 1 aromatic carbocycles. The zero-order chi connectivity index (χ0) is 18.1. The van der Waals surface area contributed by atoms with Gasteiger partial charge in [-0.05, 0) is 31.0 Å². The van der Waals surface area contributed by atoms with Crippen molar-refractivity contribution in [2.45, 2.75) is 25.2 Å². The molecule has 0 aliphatic carbocycles. The fourth-order valence-corrected chi connectivity index (χ4v) is 2.73. The number of methoxy groups -OCH3 is 1. The number of nitrogens with zero attached hydrogens (tertiary/aromatic N) is 1. The van der Waals surface area contributed by atoms with Gasteiger partial charge in [-0.1, -0.05) is 0 Å². The smallest absolute Gasteiger partial charge is 0.418 e. The van der Waals surface area contributed by atoms with E-state index in [1.807, 2.05) is 0 Å². The topological polar surface area (TPSA) is 29.5 Å². The summed E-state index contributed by atoms with van der Waals surface area (Å²) >= 11 is 0. The molecule has 0 aromatic heterocycles. The number of halogens is 6. The molecule has 1 saturated heterocycles. The molecule has 0 spiro atoms. The van der Waals surface area contributed by atoms with Crippen molar-refractivity contribution < 1.29 is 35.9 Å². The summed E-state index contributed by atoms with van der Waals surface area (Å²) in [5, 5.41) is 0. The Hall–Kier alpha value is -1.93. The Bertz CT molecular complexity index is 603. The minimum absolute atomic E-state index is 0.0848. The monoisotopic (exact) mass is 355 g/mol. The zero-order valence-corrected chi connectivity index (χ0v) is 12.7. The standard InChI is InChI=1S/C15H15F6NO2/c1-24-13(23)9-2-3-11(15(19,20)21)12(8-9)22-6-4-10(5-7-22)14(16,17)18/h2-3,8,10H,4-7H2,1H3. The van der Waals surface area contributed by atoms with Gasteiger partial charge in [0.2, 0.25) is 0 Å². The Morgan fingerprint density at radius 2 is 1.71 bits per heavy atom. The lowest BCUT2D eigenvalue weighted by Gasteiger charge is -2.35. The van der Waals surface area contributed by atoms with Crippen LogP contribution >= 0.6 is 0 Å². The highest BCUT2D eigenvalue weighted by Gasteiger charge is 2.42. The Morgan fingerprint density at radius 3 is 2.17 bits per heavy atom. The Labute approximate surface area is 134 Å². The van der Waals surface area contributed by atoms with Crippen molar-refractivity contribution in [1.82, 2.24) is 0 Å². The van der Waals surface area contributed by atoms with Crippen LogP contribution in [0, 0.1) is 5.92 Å². The first-order valence-corrected chi connectivity index (χ1v) is 7.15. The molecule has 1 heterocycles. The molecule has 134 valence electrons. The van der Waals surface area contributed by atoms with Crippen molar-refractivity contribution in [3.05, 3.63) is 29.3 Å². The third-order valence-corrected chi connectivity index (χ3v) is 4.02. The van der Waals surface area contributed by atoms with Gasteiger partial charge in [0.15, 0.2) is 0 Å². The van der Waals surface area contributed by atoms with E-state index in [2.05, 4.69) is 4.74 Å². The number of anilines is 1. The van der Waals surface area contributed by atoms with Crippen LogP contribution < -0.4 is 4.90 Å². The predicted octanol–water partition coefficient (Wildman–Crippen LogP) is 4.27. The fourth-order valence-electron chi connectivity index (χ4n) is 2.73. The van der Waals surface area contributed by atoms with Crippen LogP contribution in [0.4, 0.5) is 32.0 Å². The van der Waals surface area contributed by atoms with E-state index in [4.69, 9.17) is 0 Å². The number of alkyl halides is 6. The number of esters is 1. The van der Waals surface area contributed by atoms with Gasteiger partial charge in [-0.25, -0.2) is 4.79 Å². The molecule has 0 atom stereocenters. The molecule has 1 aromatic rings. The van der Waals surface area contributed by atoms with Crippen molar-refractivity contribution in [2.24, 2.45) is 5.92 Å². The number of carbonyl (C=O) groups excluding carboxylic acids is 1. The minimum atomic E-state index is -4.68. The van der Waals surface area contributed by atoms with Crippen LogP contribution in [0.15, 0.2) is 18.2 Å². The van der Waals surface area contributed by atoms with E-state index < -0.39 is 29.8 Å². The average molecular weight is 355 g/mol. The van der Waals surface area contributed by atoms with Crippen molar-refractivity contribution >= 4 is 11.7 Å². The largest absolute Gasteiger partial charge is 0.465 e. The summed E-state index contributed by atoms with van der Waals surface area (Å²) in [5.41, 5.74) is -1.37. The first kappa shape index (κ1) is 18.4. The number of hydrogen-bond donors (Lipinski definition) is 0.